The van der Waals surface area contributed by atoms with Crippen LogP contribution in [-0.2, 0) is 17.6 Å². The molecule has 0 saturated carbocycles. The number of hydrogen-bond donors (Lipinski definition) is 2. The Labute approximate surface area is 211 Å². The number of furan rings is 1. The van der Waals surface area contributed by atoms with Crippen molar-refractivity contribution in [3.63, 3.8) is 0 Å². The molecule has 0 radical (unpaired) electrons. The summed E-state index contributed by atoms with van der Waals surface area (Å²) in [5, 5.41) is 18.9. The fourth-order valence-electron chi connectivity index (χ4n) is 4.48. The largest absolute Gasteiger partial charge is 0.455 e. The molecule has 2 amide bonds. The summed E-state index contributed by atoms with van der Waals surface area (Å²) in [6, 6.07) is 15.0. The van der Waals surface area contributed by atoms with Gasteiger partial charge in [0.2, 0.25) is 5.91 Å². The molecular weight excluding hydrogens is 474 g/mol. The molecular formula is C27H23N5O5. The molecule has 2 aromatic heterocycles. The van der Waals surface area contributed by atoms with Gasteiger partial charge in [-0.15, -0.1) is 0 Å². The minimum atomic E-state index is -0.489. The zero-order valence-corrected chi connectivity index (χ0v) is 20.0. The van der Waals surface area contributed by atoms with E-state index in [0.717, 1.165) is 22.9 Å². The summed E-state index contributed by atoms with van der Waals surface area (Å²) >= 11 is 0. The van der Waals surface area contributed by atoms with E-state index in [1.165, 1.54) is 12.1 Å². The molecule has 0 atom stereocenters. The van der Waals surface area contributed by atoms with Crippen LogP contribution >= 0.6 is 0 Å². The lowest BCUT2D eigenvalue weighted by Gasteiger charge is -2.13. The molecule has 37 heavy (non-hydrogen) atoms. The van der Waals surface area contributed by atoms with Gasteiger partial charge in [-0.05, 0) is 49.6 Å². The number of nitrogens with one attached hydrogen (secondary N) is 2. The number of hydrazone groups is 1. The number of nitro benzene ring substituents is 1. The van der Waals surface area contributed by atoms with Crippen LogP contribution in [0.15, 0.2) is 70.3 Å². The lowest BCUT2D eigenvalue weighted by atomic mass is 9.93. The molecule has 4 aromatic rings. The third-order valence-electron chi connectivity index (χ3n) is 6.25. The van der Waals surface area contributed by atoms with Gasteiger partial charge < -0.3 is 9.73 Å². The van der Waals surface area contributed by atoms with E-state index >= 15 is 0 Å². The minimum absolute atomic E-state index is 0.0273. The summed E-state index contributed by atoms with van der Waals surface area (Å²) in [7, 11) is 0. The first-order valence-corrected chi connectivity index (χ1v) is 11.8. The van der Waals surface area contributed by atoms with Crippen molar-refractivity contribution in [1.82, 2.24) is 10.4 Å². The van der Waals surface area contributed by atoms with Crippen molar-refractivity contribution in [3.05, 3.63) is 99.1 Å². The van der Waals surface area contributed by atoms with Crippen LogP contribution in [0, 0.1) is 17.0 Å². The number of nitro groups is 1. The van der Waals surface area contributed by atoms with Crippen LogP contribution in [-0.4, -0.2) is 27.4 Å². The molecule has 2 heterocycles. The Morgan fingerprint density at radius 1 is 1.11 bits per heavy atom. The Kier molecular flexibility index (Phi) is 6.46. The number of rotatable bonds is 6. The normalized spacial score (nSPS) is 13.8. The van der Waals surface area contributed by atoms with Crippen LogP contribution in [0.5, 0.6) is 0 Å². The zero-order valence-electron chi connectivity index (χ0n) is 20.0. The van der Waals surface area contributed by atoms with Crippen molar-refractivity contribution >= 4 is 39.8 Å². The third-order valence-corrected chi connectivity index (χ3v) is 6.25. The van der Waals surface area contributed by atoms with E-state index in [1.807, 2.05) is 30.3 Å². The Morgan fingerprint density at radius 2 is 1.92 bits per heavy atom. The summed E-state index contributed by atoms with van der Waals surface area (Å²) in [5.74, 6) is 0.150. The maximum absolute atomic E-state index is 13.2. The smallest absolute Gasteiger partial charge is 0.291 e. The van der Waals surface area contributed by atoms with Gasteiger partial charge >= 0.3 is 0 Å². The van der Waals surface area contributed by atoms with Crippen molar-refractivity contribution in [2.75, 3.05) is 5.32 Å². The summed E-state index contributed by atoms with van der Waals surface area (Å²) in [6.07, 6.45) is 3.79. The van der Waals surface area contributed by atoms with Gasteiger partial charge in [-0.3, -0.25) is 24.7 Å². The Morgan fingerprint density at radius 3 is 2.70 bits per heavy atom. The number of aromatic nitrogens is 1. The Bertz CT molecular complexity index is 1550. The molecule has 0 spiro atoms. The fourth-order valence-corrected chi connectivity index (χ4v) is 4.48. The van der Waals surface area contributed by atoms with Crippen LogP contribution in [0.2, 0.25) is 0 Å². The van der Waals surface area contributed by atoms with Gasteiger partial charge in [-0.2, -0.15) is 5.10 Å². The van der Waals surface area contributed by atoms with E-state index < -0.39 is 4.92 Å². The summed E-state index contributed by atoms with van der Waals surface area (Å²) in [5.41, 5.74) is 6.63. The SMILES string of the molecule is Cc1c(C(=O)Nc2cccc3ncccc23)oc2c1/C(=N/NC(=O)Cc1ccc([N+](=O)[O-])cc1)CCC2. The van der Waals surface area contributed by atoms with Crippen LogP contribution in [0.3, 0.4) is 0 Å². The molecule has 10 nitrogen and oxygen atoms in total. The summed E-state index contributed by atoms with van der Waals surface area (Å²) in [6.45, 7) is 1.81. The summed E-state index contributed by atoms with van der Waals surface area (Å²) < 4.78 is 5.97. The molecule has 2 aromatic carbocycles. The lowest BCUT2D eigenvalue weighted by Crippen LogP contribution is -2.23. The second-order valence-electron chi connectivity index (χ2n) is 8.73. The number of hydrogen-bond acceptors (Lipinski definition) is 7. The first-order valence-electron chi connectivity index (χ1n) is 11.8. The molecule has 186 valence electrons. The maximum Gasteiger partial charge on any atom is 0.291 e. The maximum atomic E-state index is 13.2. The molecule has 2 N–H and O–H groups in total. The van der Waals surface area contributed by atoms with Gasteiger partial charge in [0, 0.05) is 41.3 Å². The molecule has 0 unspecified atom stereocenters. The number of anilines is 1. The number of aryl methyl sites for hydroxylation is 1. The number of carbonyl (C=O) groups is 2. The van der Waals surface area contributed by atoms with Crippen LogP contribution in [0.1, 0.15) is 45.8 Å². The predicted octanol–water partition coefficient (Wildman–Crippen LogP) is 4.70. The quantitative estimate of drug-likeness (QED) is 0.292. The van der Waals surface area contributed by atoms with Gasteiger partial charge in [-0.1, -0.05) is 18.2 Å². The number of benzene rings is 2. The molecule has 5 rings (SSSR count). The molecule has 1 aliphatic carbocycles. The van der Waals surface area contributed by atoms with Crippen molar-refractivity contribution in [2.24, 2.45) is 5.10 Å². The van der Waals surface area contributed by atoms with Crippen molar-refractivity contribution < 1.29 is 18.9 Å². The molecule has 0 bridgehead atoms. The average Bonchev–Trinajstić information content (AvgIpc) is 3.25. The molecule has 1 aliphatic rings. The van der Waals surface area contributed by atoms with Crippen molar-refractivity contribution in [3.8, 4) is 0 Å². The van der Waals surface area contributed by atoms with Gasteiger partial charge in [0.05, 0.1) is 28.3 Å². The first kappa shape index (κ1) is 23.9. The van der Waals surface area contributed by atoms with E-state index in [2.05, 4.69) is 20.8 Å². The minimum Gasteiger partial charge on any atom is -0.455 e. The zero-order chi connectivity index (χ0) is 25.9. The topological polar surface area (TPSA) is 140 Å². The highest BCUT2D eigenvalue weighted by molar-refractivity contribution is 6.11. The Balaban J connectivity index is 1.33. The predicted molar refractivity (Wildman–Crippen MR) is 138 cm³/mol. The van der Waals surface area contributed by atoms with Crippen LogP contribution in [0.4, 0.5) is 11.4 Å². The van der Waals surface area contributed by atoms with Crippen LogP contribution < -0.4 is 10.7 Å². The van der Waals surface area contributed by atoms with E-state index in [9.17, 15) is 19.7 Å². The second kappa shape index (κ2) is 10.0. The fraction of sp³-hybridized carbons (Fsp3) is 0.185. The summed E-state index contributed by atoms with van der Waals surface area (Å²) in [4.78, 5) is 40.2. The number of non-ortho nitro benzene ring substituents is 1. The number of carbonyl (C=O) groups excluding carboxylic acids is 2. The highest BCUT2D eigenvalue weighted by Gasteiger charge is 2.28. The van der Waals surface area contributed by atoms with E-state index in [0.29, 0.717) is 41.1 Å². The number of pyridine rings is 1. The van der Waals surface area contributed by atoms with E-state index in [-0.39, 0.29) is 29.7 Å². The second-order valence-corrected chi connectivity index (χ2v) is 8.73. The van der Waals surface area contributed by atoms with Gasteiger partial charge in [0.1, 0.15) is 5.76 Å². The molecule has 0 aliphatic heterocycles. The van der Waals surface area contributed by atoms with Crippen molar-refractivity contribution in [2.45, 2.75) is 32.6 Å². The monoisotopic (exact) mass is 497 g/mol. The average molecular weight is 498 g/mol. The molecule has 10 heteroatoms. The first-order chi connectivity index (χ1) is 17.9. The standard InChI is InChI=1S/C27H23N5O5/c1-16-25-22(30-31-24(33)15-17-10-12-18(13-11-17)32(35)36)8-3-9-23(25)37-26(16)27(34)29-21-7-2-6-20-19(21)5-4-14-28-20/h2,4-7,10-14H,3,8-9,15H2,1H3,(H,29,34)(H,31,33)/b30-22+. The van der Waals surface area contributed by atoms with Gasteiger partial charge in [0.15, 0.2) is 5.76 Å². The lowest BCUT2D eigenvalue weighted by molar-refractivity contribution is -0.384. The Hall–Kier alpha value is -4.86. The highest BCUT2D eigenvalue weighted by Crippen LogP contribution is 2.31. The van der Waals surface area contributed by atoms with Gasteiger partial charge in [0.25, 0.3) is 11.6 Å². The van der Waals surface area contributed by atoms with Gasteiger partial charge in [-0.25, -0.2) is 5.43 Å². The number of fused-ring (bicyclic) bond motifs is 2. The van der Waals surface area contributed by atoms with E-state index in [4.69, 9.17) is 4.42 Å². The number of amides is 2. The molecule has 0 fully saturated rings. The number of nitrogens with zero attached hydrogens (tertiary/aromatic N) is 3. The highest BCUT2D eigenvalue weighted by atomic mass is 16.6. The van der Waals surface area contributed by atoms with Crippen LogP contribution in [0.25, 0.3) is 10.9 Å². The molecule has 0 saturated heterocycles. The van der Waals surface area contributed by atoms with Crippen molar-refractivity contribution in [1.29, 1.82) is 0 Å². The third kappa shape index (κ3) is 4.94. The van der Waals surface area contributed by atoms with E-state index in [1.54, 1.807) is 25.3 Å².